The molecule has 0 atom stereocenters. The van der Waals surface area contributed by atoms with Gasteiger partial charge < -0.3 is 16.4 Å². The number of hydrogen-bond donors (Lipinski definition) is 4. The second-order valence-corrected chi connectivity index (χ2v) is 4.69. The highest BCUT2D eigenvalue weighted by atomic mass is 16.2. The second-order valence-electron chi connectivity index (χ2n) is 4.69. The summed E-state index contributed by atoms with van der Waals surface area (Å²) in [6.45, 7) is 0.481. The molecular formula is C16H18N4O. The molecule has 0 fully saturated rings. The van der Waals surface area contributed by atoms with Crippen LogP contribution in [0.1, 0.15) is 11.1 Å². The number of nitrogens with two attached hydrogens (primary N) is 1. The molecule has 0 spiro atoms. The van der Waals surface area contributed by atoms with E-state index in [0.29, 0.717) is 18.7 Å². The van der Waals surface area contributed by atoms with Crippen molar-refractivity contribution in [1.82, 2.24) is 5.32 Å². The summed E-state index contributed by atoms with van der Waals surface area (Å²) < 4.78 is 0. The molecule has 21 heavy (non-hydrogen) atoms. The number of rotatable bonds is 5. The highest BCUT2D eigenvalue weighted by Crippen LogP contribution is 2.10. The molecule has 5 heteroatoms. The summed E-state index contributed by atoms with van der Waals surface area (Å²) in [5.74, 6) is 0.122. The quantitative estimate of drug-likeness (QED) is 0.501. The Kier molecular flexibility index (Phi) is 4.93. The van der Waals surface area contributed by atoms with Crippen LogP contribution in [0.3, 0.4) is 0 Å². The SMILES string of the molecule is N=C(N)Cc1ccc(NC(=O)NCc2ccccc2)cc1. The molecule has 0 aliphatic heterocycles. The molecule has 5 N–H and O–H groups in total. The predicted molar refractivity (Wildman–Crippen MR) is 84.4 cm³/mol. The fourth-order valence-corrected chi connectivity index (χ4v) is 1.88. The Morgan fingerprint density at radius 1 is 1.00 bits per heavy atom. The summed E-state index contributed by atoms with van der Waals surface area (Å²) >= 11 is 0. The zero-order chi connectivity index (χ0) is 15.1. The number of anilines is 1. The van der Waals surface area contributed by atoms with Crippen molar-refractivity contribution in [2.45, 2.75) is 13.0 Å². The average molecular weight is 282 g/mol. The molecule has 0 saturated heterocycles. The molecule has 0 bridgehead atoms. The summed E-state index contributed by atoms with van der Waals surface area (Å²) in [5, 5.41) is 12.8. The second kappa shape index (κ2) is 7.09. The number of amidine groups is 1. The first-order chi connectivity index (χ1) is 10.1. The fourth-order valence-electron chi connectivity index (χ4n) is 1.88. The maximum absolute atomic E-state index is 11.8. The number of nitrogens with one attached hydrogen (secondary N) is 3. The van der Waals surface area contributed by atoms with Crippen LogP contribution in [0.5, 0.6) is 0 Å². The first-order valence-electron chi connectivity index (χ1n) is 6.64. The lowest BCUT2D eigenvalue weighted by Gasteiger charge is -2.08. The Bertz CT molecular complexity index is 608. The molecule has 0 radical (unpaired) electrons. The van der Waals surface area contributed by atoms with Gasteiger partial charge in [0.15, 0.2) is 0 Å². The third kappa shape index (κ3) is 4.99. The van der Waals surface area contributed by atoms with Gasteiger partial charge in [-0.2, -0.15) is 0 Å². The Morgan fingerprint density at radius 2 is 1.67 bits per heavy atom. The van der Waals surface area contributed by atoms with E-state index in [1.165, 1.54) is 0 Å². The van der Waals surface area contributed by atoms with Gasteiger partial charge in [-0.1, -0.05) is 42.5 Å². The minimum Gasteiger partial charge on any atom is -0.387 e. The summed E-state index contributed by atoms with van der Waals surface area (Å²) in [6, 6.07) is 16.7. The van der Waals surface area contributed by atoms with Crippen molar-refractivity contribution in [2.75, 3.05) is 5.32 Å². The van der Waals surface area contributed by atoms with Crippen LogP contribution in [0.4, 0.5) is 10.5 Å². The summed E-state index contributed by atoms with van der Waals surface area (Å²) in [7, 11) is 0. The van der Waals surface area contributed by atoms with Crippen molar-refractivity contribution in [2.24, 2.45) is 5.73 Å². The van der Waals surface area contributed by atoms with Gasteiger partial charge in [-0.15, -0.1) is 0 Å². The molecule has 0 aliphatic rings. The molecule has 0 aliphatic carbocycles. The third-order valence-corrected chi connectivity index (χ3v) is 2.90. The third-order valence-electron chi connectivity index (χ3n) is 2.90. The van der Waals surface area contributed by atoms with E-state index in [-0.39, 0.29) is 11.9 Å². The van der Waals surface area contributed by atoms with Crippen LogP contribution in [-0.2, 0) is 13.0 Å². The number of carbonyl (C=O) groups is 1. The molecule has 0 heterocycles. The van der Waals surface area contributed by atoms with Gasteiger partial charge in [-0.05, 0) is 23.3 Å². The number of benzene rings is 2. The van der Waals surface area contributed by atoms with Crippen LogP contribution in [-0.4, -0.2) is 11.9 Å². The summed E-state index contributed by atoms with van der Waals surface area (Å²) in [6.07, 6.45) is 0.417. The van der Waals surface area contributed by atoms with Gasteiger partial charge in [0.1, 0.15) is 0 Å². The van der Waals surface area contributed by atoms with Crippen molar-refractivity contribution < 1.29 is 4.79 Å². The van der Waals surface area contributed by atoms with E-state index >= 15 is 0 Å². The van der Waals surface area contributed by atoms with Gasteiger partial charge in [0.25, 0.3) is 0 Å². The zero-order valence-corrected chi connectivity index (χ0v) is 11.6. The van der Waals surface area contributed by atoms with Crippen molar-refractivity contribution in [3.05, 3.63) is 65.7 Å². The van der Waals surface area contributed by atoms with Crippen LogP contribution in [0.15, 0.2) is 54.6 Å². The molecule has 2 aromatic rings. The molecule has 108 valence electrons. The monoisotopic (exact) mass is 282 g/mol. The van der Waals surface area contributed by atoms with Crippen LogP contribution in [0, 0.1) is 5.41 Å². The van der Waals surface area contributed by atoms with Crippen LogP contribution in [0.25, 0.3) is 0 Å². The van der Waals surface area contributed by atoms with Gasteiger partial charge in [0, 0.05) is 18.7 Å². The highest BCUT2D eigenvalue weighted by Gasteiger charge is 2.02. The van der Waals surface area contributed by atoms with Crippen LogP contribution < -0.4 is 16.4 Å². The molecule has 0 saturated carbocycles. The van der Waals surface area contributed by atoms with Gasteiger partial charge in [0.2, 0.25) is 0 Å². The topological polar surface area (TPSA) is 91.0 Å². The Balaban J connectivity index is 1.83. The van der Waals surface area contributed by atoms with Crippen LogP contribution >= 0.6 is 0 Å². The van der Waals surface area contributed by atoms with E-state index in [1.54, 1.807) is 12.1 Å². The number of hydrogen-bond acceptors (Lipinski definition) is 2. The lowest BCUT2D eigenvalue weighted by Crippen LogP contribution is -2.28. The van der Waals surface area contributed by atoms with E-state index < -0.39 is 0 Å². The van der Waals surface area contributed by atoms with Crippen molar-refractivity contribution in [3.63, 3.8) is 0 Å². The molecule has 2 rings (SSSR count). The van der Waals surface area contributed by atoms with E-state index in [4.69, 9.17) is 11.1 Å². The summed E-state index contributed by atoms with van der Waals surface area (Å²) in [5.41, 5.74) is 8.03. The van der Waals surface area contributed by atoms with Crippen molar-refractivity contribution >= 4 is 17.6 Å². The van der Waals surface area contributed by atoms with Gasteiger partial charge in [0.05, 0.1) is 5.84 Å². The lowest BCUT2D eigenvalue weighted by atomic mass is 10.1. The van der Waals surface area contributed by atoms with E-state index in [9.17, 15) is 4.79 Å². The lowest BCUT2D eigenvalue weighted by molar-refractivity contribution is 0.251. The van der Waals surface area contributed by atoms with E-state index in [1.807, 2.05) is 42.5 Å². The number of urea groups is 1. The van der Waals surface area contributed by atoms with Crippen molar-refractivity contribution in [3.8, 4) is 0 Å². The first-order valence-corrected chi connectivity index (χ1v) is 6.64. The number of carbonyl (C=O) groups excluding carboxylic acids is 1. The zero-order valence-electron chi connectivity index (χ0n) is 11.6. The van der Waals surface area contributed by atoms with Gasteiger partial charge >= 0.3 is 6.03 Å². The predicted octanol–water partition coefficient (Wildman–Crippen LogP) is 2.49. The maximum atomic E-state index is 11.8. The standard InChI is InChI=1S/C16H18N4O/c17-15(18)10-12-6-8-14(9-7-12)20-16(21)19-11-13-4-2-1-3-5-13/h1-9H,10-11H2,(H3,17,18)(H2,19,20,21). The van der Waals surface area contributed by atoms with Gasteiger partial charge in [-0.3, -0.25) is 5.41 Å². The summed E-state index contributed by atoms with van der Waals surface area (Å²) in [4.78, 5) is 11.8. The Hall–Kier alpha value is -2.82. The molecule has 2 amide bonds. The Labute approximate surface area is 123 Å². The normalized spacial score (nSPS) is 9.90. The fraction of sp³-hybridized carbons (Fsp3) is 0.125. The van der Waals surface area contributed by atoms with Gasteiger partial charge in [-0.25, -0.2) is 4.79 Å². The van der Waals surface area contributed by atoms with Crippen molar-refractivity contribution in [1.29, 1.82) is 5.41 Å². The largest absolute Gasteiger partial charge is 0.387 e. The molecule has 2 aromatic carbocycles. The Morgan fingerprint density at radius 3 is 2.29 bits per heavy atom. The molecule has 0 aromatic heterocycles. The highest BCUT2D eigenvalue weighted by molar-refractivity contribution is 5.89. The number of amides is 2. The minimum atomic E-state index is -0.252. The first kappa shape index (κ1) is 14.6. The molecular weight excluding hydrogens is 264 g/mol. The maximum Gasteiger partial charge on any atom is 0.319 e. The smallest absolute Gasteiger partial charge is 0.319 e. The minimum absolute atomic E-state index is 0.122. The molecule has 0 unspecified atom stereocenters. The average Bonchev–Trinajstić information content (AvgIpc) is 2.48. The molecule has 5 nitrogen and oxygen atoms in total. The van der Waals surface area contributed by atoms with E-state index in [0.717, 1.165) is 11.1 Å². The van der Waals surface area contributed by atoms with Crippen LogP contribution in [0.2, 0.25) is 0 Å². The van der Waals surface area contributed by atoms with E-state index in [2.05, 4.69) is 10.6 Å².